The van der Waals surface area contributed by atoms with E-state index in [0.717, 1.165) is 45.2 Å². The Bertz CT molecular complexity index is 488. The van der Waals surface area contributed by atoms with Gasteiger partial charge >= 0.3 is 0 Å². The Hall–Kier alpha value is -1.53. The average molecular weight is 304 g/mol. The number of piperidine rings is 1. The van der Waals surface area contributed by atoms with Crippen molar-refractivity contribution in [1.82, 2.24) is 14.9 Å². The molecule has 1 aromatic rings. The van der Waals surface area contributed by atoms with Crippen molar-refractivity contribution in [3.05, 3.63) is 18.5 Å². The molecule has 1 aromatic heterocycles. The number of aromatic nitrogens is 2. The molecule has 0 radical (unpaired) electrons. The number of likely N-dealkylation sites (tertiary alicyclic amines) is 1. The fourth-order valence-electron chi connectivity index (χ4n) is 3.59. The molecule has 6 heteroatoms. The molecule has 2 fully saturated rings. The summed E-state index contributed by atoms with van der Waals surface area (Å²) in [7, 11) is 0. The molecule has 0 unspecified atom stereocenters. The quantitative estimate of drug-likeness (QED) is 0.883. The maximum atomic E-state index is 12.3. The first-order valence-corrected chi connectivity index (χ1v) is 8.24. The number of aliphatic hydroxyl groups excluding tert-OH is 1. The summed E-state index contributed by atoms with van der Waals surface area (Å²) >= 11 is 0. The summed E-state index contributed by atoms with van der Waals surface area (Å²) in [5, 5.41) is 12.9. The third-order valence-corrected chi connectivity index (χ3v) is 4.86. The van der Waals surface area contributed by atoms with E-state index < -0.39 is 0 Å². The van der Waals surface area contributed by atoms with E-state index in [1.54, 1.807) is 18.5 Å². The van der Waals surface area contributed by atoms with Gasteiger partial charge in [-0.3, -0.25) is 15.0 Å². The Kier molecular flexibility index (Phi) is 5.00. The van der Waals surface area contributed by atoms with Gasteiger partial charge in [-0.05, 0) is 44.8 Å². The fourth-order valence-corrected chi connectivity index (χ4v) is 3.59. The van der Waals surface area contributed by atoms with Crippen molar-refractivity contribution in [1.29, 1.82) is 0 Å². The number of hydrogen-bond donors (Lipinski definition) is 2. The minimum absolute atomic E-state index is 0.00930. The van der Waals surface area contributed by atoms with Gasteiger partial charge in [-0.25, -0.2) is 9.97 Å². The van der Waals surface area contributed by atoms with E-state index >= 15 is 0 Å². The molecule has 2 N–H and O–H groups in total. The standard InChI is InChI=1S/C16H24N4O2/c21-14-5-2-1-4-13(14)20-10-6-12(7-11-20)15(22)19-16-17-8-3-9-18-16/h3,8-9,12-14,21H,1-2,4-7,10-11H2,(H,17,18,19,22)/t13-,14+/m0/s1. The lowest BCUT2D eigenvalue weighted by molar-refractivity contribution is -0.121. The highest BCUT2D eigenvalue weighted by atomic mass is 16.3. The molecular formula is C16H24N4O2. The highest BCUT2D eigenvalue weighted by Crippen LogP contribution is 2.27. The van der Waals surface area contributed by atoms with Crippen LogP contribution in [0.2, 0.25) is 0 Å². The molecule has 0 bridgehead atoms. The summed E-state index contributed by atoms with van der Waals surface area (Å²) in [5.74, 6) is 0.397. The summed E-state index contributed by atoms with van der Waals surface area (Å²) in [4.78, 5) is 22.7. The van der Waals surface area contributed by atoms with Crippen molar-refractivity contribution < 1.29 is 9.90 Å². The zero-order valence-electron chi connectivity index (χ0n) is 12.8. The molecule has 6 nitrogen and oxygen atoms in total. The number of nitrogens with zero attached hydrogens (tertiary/aromatic N) is 3. The van der Waals surface area contributed by atoms with Gasteiger partial charge in [0.1, 0.15) is 0 Å². The van der Waals surface area contributed by atoms with Crippen LogP contribution < -0.4 is 5.32 Å². The Morgan fingerprint density at radius 1 is 1.14 bits per heavy atom. The first-order chi connectivity index (χ1) is 10.7. The maximum absolute atomic E-state index is 12.3. The molecule has 22 heavy (non-hydrogen) atoms. The monoisotopic (exact) mass is 304 g/mol. The lowest BCUT2D eigenvalue weighted by Gasteiger charge is -2.41. The van der Waals surface area contributed by atoms with Crippen molar-refractivity contribution in [2.24, 2.45) is 5.92 Å². The molecule has 1 saturated heterocycles. The fraction of sp³-hybridized carbons (Fsp3) is 0.688. The van der Waals surface area contributed by atoms with Crippen LogP contribution >= 0.6 is 0 Å². The van der Waals surface area contributed by atoms with Crippen molar-refractivity contribution >= 4 is 11.9 Å². The van der Waals surface area contributed by atoms with Crippen LogP contribution in [0.3, 0.4) is 0 Å². The van der Waals surface area contributed by atoms with Crippen LogP contribution in [-0.4, -0.2) is 51.1 Å². The lowest BCUT2D eigenvalue weighted by Crippen LogP contribution is -2.49. The Morgan fingerprint density at radius 3 is 2.50 bits per heavy atom. The molecule has 2 atom stereocenters. The van der Waals surface area contributed by atoms with E-state index in [4.69, 9.17) is 0 Å². The van der Waals surface area contributed by atoms with E-state index in [1.807, 2.05) is 0 Å². The lowest BCUT2D eigenvalue weighted by atomic mass is 9.88. The van der Waals surface area contributed by atoms with Gasteiger partial charge in [0.2, 0.25) is 11.9 Å². The molecule has 1 amide bonds. The highest BCUT2D eigenvalue weighted by Gasteiger charge is 2.33. The first kappa shape index (κ1) is 15.4. The summed E-state index contributed by atoms with van der Waals surface area (Å²) < 4.78 is 0. The predicted molar refractivity (Wildman–Crippen MR) is 83.2 cm³/mol. The van der Waals surface area contributed by atoms with E-state index in [9.17, 15) is 9.90 Å². The second kappa shape index (κ2) is 7.15. The number of anilines is 1. The predicted octanol–water partition coefficient (Wildman–Crippen LogP) is 1.43. The van der Waals surface area contributed by atoms with Gasteiger partial charge in [-0.1, -0.05) is 12.8 Å². The Balaban J connectivity index is 1.50. The minimum Gasteiger partial charge on any atom is -0.391 e. The van der Waals surface area contributed by atoms with Crippen LogP contribution in [0.15, 0.2) is 18.5 Å². The Labute approximate surface area is 131 Å². The number of carbonyl (C=O) groups is 1. The summed E-state index contributed by atoms with van der Waals surface area (Å²) in [5.41, 5.74) is 0. The molecule has 1 aliphatic carbocycles. The average Bonchev–Trinajstić information content (AvgIpc) is 2.56. The molecular weight excluding hydrogens is 280 g/mol. The van der Waals surface area contributed by atoms with Crippen LogP contribution in [0.5, 0.6) is 0 Å². The summed E-state index contributed by atoms with van der Waals surface area (Å²) in [6, 6.07) is 2.01. The second-order valence-corrected chi connectivity index (χ2v) is 6.29. The zero-order valence-corrected chi connectivity index (χ0v) is 12.8. The van der Waals surface area contributed by atoms with Gasteiger partial charge in [0, 0.05) is 24.4 Å². The molecule has 2 aliphatic rings. The van der Waals surface area contributed by atoms with Crippen molar-refractivity contribution in [2.75, 3.05) is 18.4 Å². The first-order valence-electron chi connectivity index (χ1n) is 8.24. The van der Waals surface area contributed by atoms with Crippen LogP contribution in [-0.2, 0) is 4.79 Å². The Morgan fingerprint density at radius 2 is 1.82 bits per heavy atom. The number of carbonyl (C=O) groups excluding carboxylic acids is 1. The van der Waals surface area contributed by atoms with E-state index in [2.05, 4.69) is 20.2 Å². The van der Waals surface area contributed by atoms with Gasteiger partial charge in [0.25, 0.3) is 0 Å². The number of rotatable bonds is 3. The topological polar surface area (TPSA) is 78.4 Å². The molecule has 2 heterocycles. The molecule has 0 aromatic carbocycles. The summed E-state index contributed by atoms with van der Waals surface area (Å²) in [6.45, 7) is 1.77. The van der Waals surface area contributed by atoms with Gasteiger partial charge in [0.15, 0.2) is 0 Å². The summed E-state index contributed by atoms with van der Waals surface area (Å²) in [6.07, 6.45) is 9.04. The van der Waals surface area contributed by atoms with Gasteiger partial charge in [-0.15, -0.1) is 0 Å². The molecule has 0 spiro atoms. The van der Waals surface area contributed by atoms with Crippen LogP contribution in [0.1, 0.15) is 38.5 Å². The number of nitrogens with one attached hydrogen (secondary N) is 1. The van der Waals surface area contributed by atoms with Crippen LogP contribution in [0, 0.1) is 5.92 Å². The van der Waals surface area contributed by atoms with Crippen LogP contribution in [0.25, 0.3) is 0 Å². The van der Waals surface area contributed by atoms with E-state index in [-0.39, 0.29) is 24.0 Å². The molecule has 3 rings (SSSR count). The van der Waals surface area contributed by atoms with Gasteiger partial charge in [0.05, 0.1) is 6.10 Å². The van der Waals surface area contributed by atoms with Crippen molar-refractivity contribution in [3.63, 3.8) is 0 Å². The molecule has 120 valence electrons. The largest absolute Gasteiger partial charge is 0.391 e. The maximum Gasteiger partial charge on any atom is 0.229 e. The van der Waals surface area contributed by atoms with E-state index in [0.29, 0.717) is 5.95 Å². The van der Waals surface area contributed by atoms with Crippen LogP contribution in [0.4, 0.5) is 5.95 Å². The third-order valence-electron chi connectivity index (χ3n) is 4.86. The smallest absolute Gasteiger partial charge is 0.229 e. The molecule has 1 aliphatic heterocycles. The SMILES string of the molecule is O=C(Nc1ncccn1)C1CCN([C@H]2CCCC[C@H]2O)CC1. The number of amides is 1. The number of hydrogen-bond acceptors (Lipinski definition) is 5. The minimum atomic E-state index is -0.197. The number of aliphatic hydroxyl groups is 1. The van der Waals surface area contributed by atoms with E-state index in [1.165, 1.54) is 6.42 Å². The van der Waals surface area contributed by atoms with Gasteiger partial charge < -0.3 is 5.11 Å². The van der Waals surface area contributed by atoms with Gasteiger partial charge in [-0.2, -0.15) is 0 Å². The van der Waals surface area contributed by atoms with Crippen molar-refractivity contribution in [3.8, 4) is 0 Å². The third kappa shape index (κ3) is 3.62. The second-order valence-electron chi connectivity index (χ2n) is 6.29. The van der Waals surface area contributed by atoms with Crippen molar-refractivity contribution in [2.45, 2.75) is 50.7 Å². The molecule has 1 saturated carbocycles. The zero-order chi connectivity index (χ0) is 15.4. The highest BCUT2D eigenvalue weighted by molar-refractivity contribution is 5.90. The normalized spacial score (nSPS) is 27.5.